The molecule has 0 unspecified atom stereocenters. The molecule has 0 fully saturated rings. The molecule has 0 radical (unpaired) electrons. The minimum absolute atomic E-state index is 0.954. The molecular formula is C19H19N3. The lowest BCUT2D eigenvalue weighted by molar-refractivity contribution is 0.915. The Morgan fingerprint density at radius 2 is 1.18 bits per heavy atom. The predicted octanol–water partition coefficient (Wildman–Crippen LogP) is 4.10. The zero-order valence-electron chi connectivity index (χ0n) is 12.8. The summed E-state index contributed by atoms with van der Waals surface area (Å²) in [6.07, 6.45) is 12.3. The Hall–Kier alpha value is -2.81. The van der Waals surface area contributed by atoms with Crippen LogP contribution >= 0.6 is 0 Å². The van der Waals surface area contributed by atoms with Gasteiger partial charge in [0, 0.05) is 37.9 Å². The van der Waals surface area contributed by atoms with Gasteiger partial charge in [0.1, 0.15) is 0 Å². The second-order valence-electron chi connectivity index (χ2n) is 5.24. The Labute approximate surface area is 130 Å². The number of nitrogens with zero attached hydrogens (tertiary/aromatic N) is 3. The third-order valence-electron chi connectivity index (χ3n) is 3.61. The van der Waals surface area contributed by atoms with Gasteiger partial charge in [-0.05, 0) is 60.7 Å². The van der Waals surface area contributed by atoms with Crippen LogP contribution in [0.1, 0.15) is 22.8 Å². The minimum Gasteiger partial charge on any atom is -0.351 e. The van der Waals surface area contributed by atoms with Gasteiger partial charge in [-0.25, -0.2) is 4.98 Å². The number of aromatic nitrogens is 3. The van der Waals surface area contributed by atoms with Crippen molar-refractivity contribution in [1.82, 2.24) is 14.1 Å². The maximum absolute atomic E-state index is 4.64. The highest BCUT2D eigenvalue weighted by Crippen LogP contribution is 2.10. The molecule has 3 aromatic rings. The van der Waals surface area contributed by atoms with Crippen LogP contribution in [0.2, 0.25) is 0 Å². The predicted molar refractivity (Wildman–Crippen MR) is 92.9 cm³/mol. The highest BCUT2D eigenvalue weighted by Gasteiger charge is 1.95. The van der Waals surface area contributed by atoms with Gasteiger partial charge < -0.3 is 9.13 Å². The van der Waals surface area contributed by atoms with E-state index in [0.717, 1.165) is 22.8 Å². The molecule has 3 rings (SSSR count). The SMILES string of the molecule is Cn1cccc1/C=C/c1cccc(/C=C/c2cccn2C)n1. The molecule has 0 aromatic carbocycles. The van der Waals surface area contributed by atoms with Crippen molar-refractivity contribution in [3.05, 3.63) is 77.6 Å². The Balaban J connectivity index is 1.78. The van der Waals surface area contributed by atoms with Crippen molar-refractivity contribution in [2.24, 2.45) is 14.1 Å². The third-order valence-corrected chi connectivity index (χ3v) is 3.61. The highest BCUT2D eigenvalue weighted by atomic mass is 14.9. The molecule has 3 nitrogen and oxygen atoms in total. The Morgan fingerprint density at radius 1 is 0.682 bits per heavy atom. The van der Waals surface area contributed by atoms with Crippen LogP contribution in [-0.2, 0) is 14.1 Å². The molecular weight excluding hydrogens is 270 g/mol. The average Bonchev–Trinajstić information content (AvgIpc) is 3.12. The van der Waals surface area contributed by atoms with E-state index in [1.165, 1.54) is 0 Å². The van der Waals surface area contributed by atoms with Gasteiger partial charge in [-0.15, -0.1) is 0 Å². The topological polar surface area (TPSA) is 22.8 Å². The van der Waals surface area contributed by atoms with Crippen LogP contribution in [0, 0.1) is 0 Å². The summed E-state index contributed by atoms with van der Waals surface area (Å²) in [6.45, 7) is 0. The molecule has 3 heteroatoms. The quantitative estimate of drug-likeness (QED) is 0.709. The van der Waals surface area contributed by atoms with Crippen molar-refractivity contribution in [3.63, 3.8) is 0 Å². The van der Waals surface area contributed by atoms with Crippen LogP contribution < -0.4 is 0 Å². The molecule has 0 aliphatic heterocycles. The summed E-state index contributed by atoms with van der Waals surface area (Å²) in [7, 11) is 4.07. The van der Waals surface area contributed by atoms with Crippen LogP contribution in [-0.4, -0.2) is 14.1 Å². The molecule has 0 spiro atoms. The first-order valence-corrected chi connectivity index (χ1v) is 7.28. The van der Waals surface area contributed by atoms with Gasteiger partial charge in [0.05, 0.1) is 11.4 Å². The van der Waals surface area contributed by atoms with Crippen LogP contribution in [0.15, 0.2) is 54.9 Å². The monoisotopic (exact) mass is 289 g/mol. The zero-order chi connectivity index (χ0) is 15.4. The normalized spacial score (nSPS) is 11.7. The molecule has 0 bridgehead atoms. The number of pyridine rings is 1. The molecule has 0 atom stereocenters. The van der Waals surface area contributed by atoms with Gasteiger partial charge in [0.15, 0.2) is 0 Å². The first kappa shape index (κ1) is 14.1. The van der Waals surface area contributed by atoms with E-state index in [-0.39, 0.29) is 0 Å². The van der Waals surface area contributed by atoms with E-state index in [1.54, 1.807) is 0 Å². The van der Waals surface area contributed by atoms with E-state index in [1.807, 2.05) is 69.0 Å². The Bertz CT molecular complexity index is 753. The van der Waals surface area contributed by atoms with Crippen molar-refractivity contribution < 1.29 is 0 Å². The molecule has 3 aromatic heterocycles. The van der Waals surface area contributed by atoms with Crippen molar-refractivity contribution in [2.45, 2.75) is 0 Å². The van der Waals surface area contributed by atoms with Crippen molar-refractivity contribution >= 4 is 24.3 Å². The standard InChI is InChI=1S/C19H19N3/c1-21-14-4-8-18(21)12-10-16-6-3-7-17(20-16)11-13-19-9-5-15-22(19)2/h3-15H,1-2H3/b12-10+,13-11+. The van der Waals surface area contributed by atoms with E-state index in [2.05, 4.69) is 38.4 Å². The average molecular weight is 289 g/mol. The fourth-order valence-electron chi connectivity index (χ4n) is 2.29. The molecule has 110 valence electrons. The molecule has 3 heterocycles. The number of rotatable bonds is 4. The highest BCUT2D eigenvalue weighted by molar-refractivity contribution is 5.69. The molecule has 0 saturated heterocycles. The third kappa shape index (κ3) is 3.26. The molecule has 0 N–H and O–H groups in total. The Kier molecular flexibility index (Phi) is 4.05. The fourth-order valence-corrected chi connectivity index (χ4v) is 2.29. The summed E-state index contributed by atoms with van der Waals surface area (Å²) in [6, 6.07) is 14.3. The first-order valence-electron chi connectivity index (χ1n) is 7.28. The van der Waals surface area contributed by atoms with E-state index >= 15 is 0 Å². The largest absolute Gasteiger partial charge is 0.351 e. The van der Waals surface area contributed by atoms with Gasteiger partial charge in [-0.3, -0.25) is 0 Å². The van der Waals surface area contributed by atoms with Crippen LogP contribution in [0.25, 0.3) is 24.3 Å². The number of hydrogen-bond acceptors (Lipinski definition) is 1. The second-order valence-corrected chi connectivity index (χ2v) is 5.24. The van der Waals surface area contributed by atoms with E-state index in [9.17, 15) is 0 Å². The van der Waals surface area contributed by atoms with Crippen molar-refractivity contribution in [3.8, 4) is 0 Å². The van der Waals surface area contributed by atoms with Crippen molar-refractivity contribution in [2.75, 3.05) is 0 Å². The van der Waals surface area contributed by atoms with E-state index in [0.29, 0.717) is 0 Å². The van der Waals surface area contributed by atoms with E-state index in [4.69, 9.17) is 0 Å². The smallest absolute Gasteiger partial charge is 0.0637 e. The molecule has 0 saturated carbocycles. The van der Waals surface area contributed by atoms with Gasteiger partial charge in [0.2, 0.25) is 0 Å². The minimum atomic E-state index is 0.954. The lowest BCUT2D eigenvalue weighted by Crippen LogP contribution is -1.89. The van der Waals surface area contributed by atoms with Crippen LogP contribution in [0.4, 0.5) is 0 Å². The Morgan fingerprint density at radius 3 is 1.59 bits per heavy atom. The van der Waals surface area contributed by atoms with Crippen molar-refractivity contribution in [1.29, 1.82) is 0 Å². The second kappa shape index (κ2) is 6.31. The summed E-state index contributed by atoms with van der Waals surface area (Å²) < 4.78 is 4.16. The lowest BCUT2D eigenvalue weighted by Gasteiger charge is -1.99. The maximum atomic E-state index is 4.64. The van der Waals surface area contributed by atoms with Gasteiger partial charge in [-0.1, -0.05) is 6.07 Å². The summed E-state index contributed by atoms with van der Waals surface area (Å²) >= 11 is 0. The van der Waals surface area contributed by atoms with Gasteiger partial charge in [0.25, 0.3) is 0 Å². The molecule has 22 heavy (non-hydrogen) atoms. The molecule has 0 aliphatic carbocycles. The zero-order valence-corrected chi connectivity index (χ0v) is 12.8. The number of hydrogen-bond donors (Lipinski definition) is 0. The fraction of sp³-hybridized carbons (Fsp3) is 0.105. The lowest BCUT2D eigenvalue weighted by atomic mass is 10.2. The van der Waals surface area contributed by atoms with Crippen LogP contribution in [0.3, 0.4) is 0 Å². The van der Waals surface area contributed by atoms with E-state index < -0.39 is 0 Å². The molecule has 0 aliphatic rings. The van der Waals surface area contributed by atoms with Crippen LogP contribution in [0.5, 0.6) is 0 Å². The summed E-state index contributed by atoms with van der Waals surface area (Å²) in [5.74, 6) is 0. The first-order chi connectivity index (χ1) is 10.7. The summed E-state index contributed by atoms with van der Waals surface area (Å²) in [5.41, 5.74) is 4.23. The summed E-state index contributed by atoms with van der Waals surface area (Å²) in [5, 5.41) is 0. The molecule has 0 amide bonds. The summed E-state index contributed by atoms with van der Waals surface area (Å²) in [4.78, 5) is 4.64. The maximum Gasteiger partial charge on any atom is 0.0637 e. The van der Waals surface area contributed by atoms with Gasteiger partial charge >= 0.3 is 0 Å². The van der Waals surface area contributed by atoms with Gasteiger partial charge in [-0.2, -0.15) is 0 Å². The number of aryl methyl sites for hydroxylation is 2.